The molecule has 0 aliphatic carbocycles. The van der Waals surface area contributed by atoms with Crippen molar-refractivity contribution in [3.05, 3.63) is 52.4 Å². The SMILES string of the molecule is CC(C)Cn1ncc2c(=O)[nH]c(NCc3ccccc3)nc21. The molecule has 6 heteroatoms. The Morgan fingerprint density at radius 1 is 1.27 bits per heavy atom. The molecular formula is C16H19N5O. The van der Waals surface area contributed by atoms with Crippen LogP contribution in [-0.2, 0) is 13.1 Å². The molecule has 0 spiro atoms. The van der Waals surface area contributed by atoms with Gasteiger partial charge in [0.1, 0.15) is 5.39 Å². The number of hydrogen-bond donors (Lipinski definition) is 2. The summed E-state index contributed by atoms with van der Waals surface area (Å²) < 4.78 is 1.78. The van der Waals surface area contributed by atoms with Gasteiger partial charge < -0.3 is 5.32 Å². The van der Waals surface area contributed by atoms with Crippen LogP contribution in [0.4, 0.5) is 5.95 Å². The molecule has 0 unspecified atom stereocenters. The zero-order valence-corrected chi connectivity index (χ0v) is 12.7. The van der Waals surface area contributed by atoms with Gasteiger partial charge in [-0.15, -0.1) is 0 Å². The van der Waals surface area contributed by atoms with Crippen molar-refractivity contribution in [3.63, 3.8) is 0 Å². The van der Waals surface area contributed by atoms with Gasteiger partial charge in [-0.2, -0.15) is 10.1 Å². The first kappa shape index (κ1) is 14.3. The van der Waals surface area contributed by atoms with Crippen LogP contribution in [0.2, 0.25) is 0 Å². The summed E-state index contributed by atoms with van der Waals surface area (Å²) in [6, 6.07) is 9.97. The summed E-state index contributed by atoms with van der Waals surface area (Å²) in [6.07, 6.45) is 1.57. The van der Waals surface area contributed by atoms with Crippen LogP contribution in [0, 0.1) is 5.92 Å². The number of rotatable bonds is 5. The lowest BCUT2D eigenvalue weighted by Gasteiger charge is -2.08. The van der Waals surface area contributed by atoms with E-state index in [9.17, 15) is 4.79 Å². The van der Waals surface area contributed by atoms with Crippen LogP contribution in [-0.4, -0.2) is 19.7 Å². The van der Waals surface area contributed by atoms with E-state index in [1.54, 1.807) is 10.9 Å². The molecule has 2 heterocycles. The van der Waals surface area contributed by atoms with Gasteiger partial charge in [0.2, 0.25) is 5.95 Å². The van der Waals surface area contributed by atoms with Crippen LogP contribution in [0.5, 0.6) is 0 Å². The minimum Gasteiger partial charge on any atom is -0.352 e. The Hall–Kier alpha value is -2.63. The van der Waals surface area contributed by atoms with E-state index in [0.29, 0.717) is 29.4 Å². The minimum atomic E-state index is -0.171. The highest BCUT2D eigenvalue weighted by Crippen LogP contribution is 2.11. The van der Waals surface area contributed by atoms with Crippen LogP contribution >= 0.6 is 0 Å². The number of aromatic amines is 1. The van der Waals surface area contributed by atoms with Gasteiger partial charge in [-0.05, 0) is 11.5 Å². The zero-order chi connectivity index (χ0) is 15.5. The van der Waals surface area contributed by atoms with Crippen LogP contribution in [0.1, 0.15) is 19.4 Å². The molecule has 1 aromatic carbocycles. The molecule has 0 saturated heterocycles. The molecular weight excluding hydrogens is 278 g/mol. The van der Waals surface area contributed by atoms with Crippen molar-refractivity contribution in [3.8, 4) is 0 Å². The summed E-state index contributed by atoms with van der Waals surface area (Å²) in [6.45, 7) is 5.55. The molecule has 0 bridgehead atoms. The Balaban J connectivity index is 1.88. The molecule has 3 aromatic rings. The Kier molecular flexibility index (Phi) is 3.91. The molecule has 0 saturated carbocycles. The second-order valence-electron chi connectivity index (χ2n) is 5.71. The maximum Gasteiger partial charge on any atom is 0.263 e. The number of anilines is 1. The summed E-state index contributed by atoms with van der Waals surface area (Å²) in [5.41, 5.74) is 1.57. The third-order valence-electron chi connectivity index (χ3n) is 3.35. The average Bonchev–Trinajstić information content (AvgIpc) is 2.89. The number of H-pyrrole nitrogens is 1. The van der Waals surface area contributed by atoms with Gasteiger partial charge >= 0.3 is 0 Å². The van der Waals surface area contributed by atoms with E-state index in [2.05, 4.69) is 34.2 Å². The molecule has 0 amide bonds. The van der Waals surface area contributed by atoms with Crippen molar-refractivity contribution in [2.45, 2.75) is 26.9 Å². The Labute approximate surface area is 128 Å². The van der Waals surface area contributed by atoms with Crippen LogP contribution in [0.15, 0.2) is 41.3 Å². The lowest BCUT2D eigenvalue weighted by molar-refractivity contribution is 0.492. The van der Waals surface area contributed by atoms with Gasteiger partial charge in [0.15, 0.2) is 5.65 Å². The largest absolute Gasteiger partial charge is 0.352 e. The summed E-state index contributed by atoms with van der Waals surface area (Å²) in [4.78, 5) is 19.4. The normalized spacial score (nSPS) is 11.2. The number of benzene rings is 1. The quantitative estimate of drug-likeness (QED) is 0.758. The molecule has 22 heavy (non-hydrogen) atoms. The number of nitrogens with zero attached hydrogens (tertiary/aromatic N) is 3. The van der Waals surface area contributed by atoms with Crippen molar-refractivity contribution < 1.29 is 0 Å². The van der Waals surface area contributed by atoms with Gasteiger partial charge in [0.25, 0.3) is 5.56 Å². The van der Waals surface area contributed by atoms with E-state index in [4.69, 9.17) is 0 Å². The fourth-order valence-corrected chi connectivity index (χ4v) is 2.31. The average molecular weight is 297 g/mol. The lowest BCUT2D eigenvalue weighted by atomic mass is 10.2. The Morgan fingerprint density at radius 2 is 2.05 bits per heavy atom. The Bertz CT molecular complexity index is 819. The monoisotopic (exact) mass is 297 g/mol. The predicted molar refractivity (Wildman–Crippen MR) is 86.8 cm³/mol. The molecule has 6 nitrogen and oxygen atoms in total. The standard InChI is InChI=1S/C16H19N5O/c1-11(2)10-21-14-13(9-18-21)15(22)20-16(19-14)17-8-12-6-4-3-5-7-12/h3-7,9,11H,8,10H2,1-2H3,(H2,17,19,20,22). The first-order valence-electron chi connectivity index (χ1n) is 7.37. The smallest absolute Gasteiger partial charge is 0.263 e. The highest BCUT2D eigenvalue weighted by molar-refractivity contribution is 5.74. The van der Waals surface area contributed by atoms with E-state index in [1.165, 1.54) is 0 Å². The number of aromatic nitrogens is 4. The van der Waals surface area contributed by atoms with E-state index in [-0.39, 0.29) is 5.56 Å². The molecule has 2 N–H and O–H groups in total. The zero-order valence-electron chi connectivity index (χ0n) is 12.7. The number of hydrogen-bond acceptors (Lipinski definition) is 4. The van der Waals surface area contributed by atoms with E-state index in [1.807, 2.05) is 30.3 Å². The fourth-order valence-electron chi connectivity index (χ4n) is 2.31. The van der Waals surface area contributed by atoms with Crippen molar-refractivity contribution in [2.24, 2.45) is 5.92 Å². The molecule has 0 radical (unpaired) electrons. The minimum absolute atomic E-state index is 0.171. The van der Waals surface area contributed by atoms with Crippen LogP contribution in [0.25, 0.3) is 11.0 Å². The van der Waals surface area contributed by atoms with E-state index >= 15 is 0 Å². The maximum atomic E-state index is 12.1. The molecule has 0 fully saturated rings. The van der Waals surface area contributed by atoms with Gasteiger partial charge in [0, 0.05) is 13.1 Å². The second-order valence-corrected chi connectivity index (χ2v) is 5.71. The number of fused-ring (bicyclic) bond motifs is 1. The van der Waals surface area contributed by atoms with Crippen LogP contribution < -0.4 is 10.9 Å². The van der Waals surface area contributed by atoms with Gasteiger partial charge in [-0.25, -0.2) is 4.68 Å². The van der Waals surface area contributed by atoms with Crippen molar-refractivity contribution in [1.29, 1.82) is 0 Å². The van der Waals surface area contributed by atoms with Gasteiger partial charge in [0.05, 0.1) is 6.20 Å². The maximum absolute atomic E-state index is 12.1. The summed E-state index contributed by atoms with van der Waals surface area (Å²) in [5, 5.41) is 7.94. The summed E-state index contributed by atoms with van der Waals surface area (Å²) in [7, 11) is 0. The second kappa shape index (κ2) is 6.01. The van der Waals surface area contributed by atoms with Gasteiger partial charge in [-0.3, -0.25) is 9.78 Å². The first-order chi connectivity index (χ1) is 10.6. The third-order valence-corrected chi connectivity index (χ3v) is 3.35. The highest BCUT2D eigenvalue weighted by Gasteiger charge is 2.10. The third kappa shape index (κ3) is 3.00. The first-order valence-corrected chi connectivity index (χ1v) is 7.37. The van der Waals surface area contributed by atoms with Crippen molar-refractivity contribution >= 4 is 17.0 Å². The van der Waals surface area contributed by atoms with E-state index in [0.717, 1.165) is 12.1 Å². The van der Waals surface area contributed by atoms with Crippen LogP contribution in [0.3, 0.4) is 0 Å². The number of nitrogens with one attached hydrogen (secondary N) is 2. The fraction of sp³-hybridized carbons (Fsp3) is 0.312. The lowest BCUT2D eigenvalue weighted by Crippen LogP contribution is -2.14. The predicted octanol–water partition coefficient (Wildman–Crippen LogP) is 2.39. The van der Waals surface area contributed by atoms with E-state index < -0.39 is 0 Å². The summed E-state index contributed by atoms with van der Waals surface area (Å²) in [5.74, 6) is 0.900. The summed E-state index contributed by atoms with van der Waals surface area (Å²) >= 11 is 0. The molecule has 0 aliphatic heterocycles. The highest BCUT2D eigenvalue weighted by atomic mass is 16.1. The topological polar surface area (TPSA) is 75.6 Å². The molecule has 0 atom stereocenters. The molecule has 2 aromatic heterocycles. The molecule has 3 rings (SSSR count). The van der Waals surface area contributed by atoms with Gasteiger partial charge in [-0.1, -0.05) is 44.2 Å². The van der Waals surface area contributed by atoms with Crippen molar-refractivity contribution in [2.75, 3.05) is 5.32 Å². The Morgan fingerprint density at radius 3 is 2.77 bits per heavy atom. The van der Waals surface area contributed by atoms with Crippen molar-refractivity contribution in [1.82, 2.24) is 19.7 Å². The molecule has 114 valence electrons. The molecule has 0 aliphatic rings.